The van der Waals surface area contributed by atoms with Crippen molar-refractivity contribution in [1.29, 1.82) is 0 Å². The van der Waals surface area contributed by atoms with Gasteiger partial charge in [-0.25, -0.2) is 0 Å². The maximum absolute atomic E-state index is 6.13. The van der Waals surface area contributed by atoms with E-state index in [9.17, 15) is 0 Å². The maximum atomic E-state index is 6.13. The molecule has 0 radical (unpaired) electrons. The van der Waals surface area contributed by atoms with Crippen molar-refractivity contribution < 1.29 is 0 Å². The van der Waals surface area contributed by atoms with Gasteiger partial charge < -0.3 is 5.32 Å². The molecule has 2 aromatic rings. The van der Waals surface area contributed by atoms with Crippen molar-refractivity contribution in [2.45, 2.75) is 17.4 Å². The lowest BCUT2D eigenvalue weighted by Crippen LogP contribution is -2.16. The number of anilines is 1. The summed E-state index contributed by atoms with van der Waals surface area (Å²) in [7, 11) is 0. The summed E-state index contributed by atoms with van der Waals surface area (Å²) in [6.45, 7) is 0. The molecule has 0 aliphatic carbocycles. The second kappa shape index (κ2) is 5.78. The van der Waals surface area contributed by atoms with Gasteiger partial charge in [0.1, 0.15) is 0 Å². The number of nitrogens with one attached hydrogen (secondary N) is 1. The number of thioether (sulfide) groups is 1. The predicted molar refractivity (Wildman–Crippen MR) is 87.3 cm³/mol. The van der Waals surface area contributed by atoms with Crippen molar-refractivity contribution in [3.63, 3.8) is 0 Å². The Labute approximate surface area is 130 Å². The van der Waals surface area contributed by atoms with E-state index in [1.54, 1.807) is 0 Å². The van der Waals surface area contributed by atoms with Crippen molar-refractivity contribution in [2.24, 2.45) is 0 Å². The van der Waals surface area contributed by atoms with E-state index in [-0.39, 0.29) is 0 Å². The van der Waals surface area contributed by atoms with Crippen LogP contribution in [0.3, 0.4) is 0 Å². The van der Waals surface area contributed by atoms with Crippen LogP contribution in [-0.4, -0.2) is 5.75 Å². The molecule has 4 heteroatoms. The summed E-state index contributed by atoms with van der Waals surface area (Å²) in [5.74, 6) is 1.14. The summed E-state index contributed by atoms with van der Waals surface area (Å²) in [6.07, 6.45) is 1.11. The van der Waals surface area contributed by atoms with E-state index < -0.39 is 0 Å². The Morgan fingerprint density at radius 3 is 2.89 bits per heavy atom. The fourth-order valence-electron chi connectivity index (χ4n) is 2.28. The molecule has 19 heavy (non-hydrogen) atoms. The first kappa shape index (κ1) is 13.3. The Hall–Kier alpha value is -0.640. The lowest BCUT2D eigenvalue weighted by atomic mass is 10.0. The first-order valence-corrected chi connectivity index (χ1v) is 8.33. The highest BCUT2D eigenvalue weighted by molar-refractivity contribution is 9.10. The van der Waals surface area contributed by atoms with Crippen LogP contribution in [0.5, 0.6) is 0 Å². The number of fused-ring (bicyclic) bond motifs is 1. The lowest BCUT2D eigenvalue weighted by Gasteiger charge is -2.27. The van der Waals surface area contributed by atoms with Gasteiger partial charge in [0.2, 0.25) is 0 Å². The molecule has 1 aliphatic rings. The fraction of sp³-hybridized carbons (Fsp3) is 0.200. The highest BCUT2D eigenvalue weighted by Crippen LogP contribution is 2.40. The molecule has 0 bridgehead atoms. The Balaban J connectivity index is 1.92. The summed E-state index contributed by atoms with van der Waals surface area (Å²) in [6, 6.07) is 14.7. The van der Waals surface area contributed by atoms with Gasteiger partial charge in [-0.15, -0.1) is 11.8 Å². The topological polar surface area (TPSA) is 12.0 Å². The van der Waals surface area contributed by atoms with Crippen molar-refractivity contribution >= 4 is 45.0 Å². The van der Waals surface area contributed by atoms with Gasteiger partial charge >= 0.3 is 0 Å². The van der Waals surface area contributed by atoms with E-state index in [1.807, 2.05) is 30.0 Å². The van der Waals surface area contributed by atoms with Crippen LogP contribution in [0.1, 0.15) is 18.0 Å². The van der Waals surface area contributed by atoms with Gasteiger partial charge in [0.25, 0.3) is 0 Å². The van der Waals surface area contributed by atoms with Gasteiger partial charge in [-0.05, 0) is 58.2 Å². The summed E-state index contributed by atoms with van der Waals surface area (Å²) in [5, 5.41) is 4.42. The van der Waals surface area contributed by atoms with Crippen molar-refractivity contribution in [3.05, 3.63) is 57.5 Å². The van der Waals surface area contributed by atoms with E-state index in [0.29, 0.717) is 6.04 Å². The van der Waals surface area contributed by atoms with Gasteiger partial charge in [-0.2, -0.15) is 0 Å². The molecule has 0 fully saturated rings. The molecule has 1 N–H and O–H groups in total. The third-order valence-electron chi connectivity index (χ3n) is 3.21. The van der Waals surface area contributed by atoms with Crippen molar-refractivity contribution in [1.82, 2.24) is 0 Å². The van der Waals surface area contributed by atoms with Crippen LogP contribution in [0.15, 0.2) is 51.8 Å². The summed E-state index contributed by atoms with van der Waals surface area (Å²) < 4.78 is 1.09. The van der Waals surface area contributed by atoms with Crippen molar-refractivity contribution in [2.75, 3.05) is 11.1 Å². The second-order valence-electron chi connectivity index (χ2n) is 4.50. The van der Waals surface area contributed by atoms with E-state index in [1.165, 1.54) is 10.5 Å². The predicted octanol–water partition coefficient (Wildman–Crippen LogP) is 5.75. The SMILES string of the molecule is Clc1ccc2c(c1)C(Nc1ccccc1Br)CCS2. The number of rotatable bonds is 2. The standard InChI is InChI=1S/C15H13BrClNS/c16-12-3-1-2-4-14(12)18-13-7-8-19-15-6-5-10(17)9-11(13)15/h1-6,9,13,18H,7-8H2. The molecule has 1 aliphatic heterocycles. The highest BCUT2D eigenvalue weighted by Gasteiger charge is 2.21. The van der Waals surface area contributed by atoms with Gasteiger partial charge in [0.15, 0.2) is 0 Å². The average Bonchev–Trinajstić information content (AvgIpc) is 2.42. The van der Waals surface area contributed by atoms with Crippen LogP contribution in [0, 0.1) is 0 Å². The Kier molecular flexibility index (Phi) is 4.06. The fourth-order valence-corrected chi connectivity index (χ4v) is 3.97. The molecule has 0 aromatic heterocycles. The van der Waals surface area contributed by atoms with E-state index in [0.717, 1.165) is 27.4 Å². The number of hydrogen-bond donors (Lipinski definition) is 1. The van der Waals surface area contributed by atoms with Crippen LogP contribution in [-0.2, 0) is 0 Å². The smallest absolute Gasteiger partial charge is 0.0533 e. The van der Waals surface area contributed by atoms with Gasteiger partial charge in [0.05, 0.1) is 6.04 Å². The molecule has 1 unspecified atom stereocenters. The number of para-hydroxylation sites is 1. The lowest BCUT2D eigenvalue weighted by molar-refractivity contribution is 0.728. The largest absolute Gasteiger partial charge is 0.377 e. The van der Waals surface area contributed by atoms with E-state index in [4.69, 9.17) is 11.6 Å². The molecule has 98 valence electrons. The van der Waals surface area contributed by atoms with Crippen LogP contribution in [0.4, 0.5) is 5.69 Å². The second-order valence-corrected chi connectivity index (χ2v) is 6.92. The third kappa shape index (κ3) is 2.93. The summed E-state index contributed by atoms with van der Waals surface area (Å²) >= 11 is 11.6. The van der Waals surface area contributed by atoms with Gasteiger partial charge in [0, 0.05) is 25.8 Å². The van der Waals surface area contributed by atoms with E-state index in [2.05, 4.69) is 45.5 Å². The minimum Gasteiger partial charge on any atom is -0.377 e. The molecule has 3 rings (SSSR count). The molecule has 0 saturated heterocycles. The quantitative estimate of drug-likeness (QED) is 0.736. The molecular formula is C15H13BrClNS. The summed E-state index contributed by atoms with van der Waals surface area (Å²) in [5.41, 5.74) is 2.44. The molecule has 1 nitrogen and oxygen atoms in total. The van der Waals surface area contributed by atoms with Crippen LogP contribution in [0.25, 0.3) is 0 Å². The molecule has 0 saturated carbocycles. The highest BCUT2D eigenvalue weighted by atomic mass is 79.9. The molecule has 1 atom stereocenters. The van der Waals surface area contributed by atoms with Crippen molar-refractivity contribution in [3.8, 4) is 0 Å². The zero-order valence-electron chi connectivity index (χ0n) is 10.2. The Morgan fingerprint density at radius 1 is 1.21 bits per heavy atom. The van der Waals surface area contributed by atoms with Crippen LogP contribution in [0.2, 0.25) is 5.02 Å². The monoisotopic (exact) mass is 353 g/mol. The molecule has 2 aromatic carbocycles. The van der Waals surface area contributed by atoms with E-state index >= 15 is 0 Å². The first-order chi connectivity index (χ1) is 9.24. The molecular weight excluding hydrogens is 342 g/mol. The summed E-state index contributed by atoms with van der Waals surface area (Å²) in [4.78, 5) is 1.33. The van der Waals surface area contributed by atoms with Crippen LogP contribution < -0.4 is 5.32 Å². The van der Waals surface area contributed by atoms with Crippen LogP contribution >= 0.6 is 39.3 Å². The number of halogens is 2. The minimum atomic E-state index is 0.327. The minimum absolute atomic E-state index is 0.327. The zero-order valence-corrected chi connectivity index (χ0v) is 13.4. The normalized spacial score (nSPS) is 17.9. The average molecular weight is 355 g/mol. The maximum Gasteiger partial charge on any atom is 0.0533 e. The zero-order chi connectivity index (χ0) is 13.2. The molecule has 0 spiro atoms. The first-order valence-electron chi connectivity index (χ1n) is 6.17. The number of benzene rings is 2. The van der Waals surface area contributed by atoms with Gasteiger partial charge in [-0.3, -0.25) is 0 Å². The Bertz CT molecular complexity index is 602. The molecule has 0 amide bonds. The third-order valence-corrected chi connectivity index (χ3v) is 5.26. The number of hydrogen-bond acceptors (Lipinski definition) is 2. The Morgan fingerprint density at radius 2 is 2.05 bits per heavy atom. The van der Waals surface area contributed by atoms with Gasteiger partial charge in [-0.1, -0.05) is 23.7 Å². The molecule has 1 heterocycles.